The molecule has 0 aliphatic heterocycles. The summed E-state index contributed by atoms with van der Waals surface area (Å²) >= 11 is 4.70. The number of nitrogens with zero attached hydrogens (tertiary/aromatic N) is 2. The Kier molecular flexibility index (Phi) is 3.80. The Bertz CT molecular complexity index is 297. The zero-order valence-corrected chi connectivity index (χ0v) is 7.58. The Morgan fingerprint density at radius 3 is 2.85 bits per heavy atom. The van der Waals surface area contributed by atoms with E-state index in [2.05, 4.69) is 20.9 Å². The Labute approximate surface area is 81.0 Å². The molecular formula is C7H9N5S. The maximum atomic E-state index is 5.01. The molecule has 1 aromatic rings. The Morgan fingerprint density at radius 2 is 2.23 bits per heavy atom. The van der Waals surface area contributed by atoms with Crippen molar-refractivity contribution in [2.75, 3.05) is 0 Å². The monoisotopic (exact) mass is 195 g/mol. The van der Waals surface area contributed by atoms with Crippen LogP contribution in [0.5, 0.6) is 0 Å². The van der Waals surface area contributed by atoms with E-state index in [1.54, 1.807) is 18.6 Å². The highest BCUT2D eigenvalue weighted by molar-refractivity contribution is 7.80. The van der Waals surface area contributed by atoms with Crippen LogP contribution in [0.3, 0.4) is 0 Å². The van der Waals surface area contributed by atoms with E-state index in [1.807, 2.05) is 12.1 Å². The first-order valence-corrected chi connectivity index (χ1v) is 3.93. The van der Waals surface area contributed by atoms with E-state index in [-0.39, 0.29) is 5.11 Å². The van der Waals surface area contributed by atoms with Gasteiger partial charge in [0, 0.05) is 12.4 Å². The van der Waals surface area contributed by atoms with Crippen LogP contribution in [0.4, 0.5) is 0 Å². The second-order valence-corrected chi connectivity index (χ2v) is 2.53. The van der Waals surface area contributed by atoms with Crippen LogP contribution in [0.2, 0.25) is 0 Å². The lowest BCUT2D eigenvalue weighted by Crippen LogP contribution is -2.37. The fraction of sp³-hybridized carbons (Fsp3) is 0. The van der Waals surface area contributed by atoms with Crippen molar-refractivity contribution < 1.29 is 0 Å². The minimum Gasteiger partial charge on any atom is -0.300 e. The van der Waals surface area contributed by atoms with Gasteiger partial charge in [-0.3, -0.25) is 15.8 Å². The quantitative estimate of drug-likeness (QED) is 0.263. The van der Waals surface area contributed by atoms with Gasteiger partial charge in [0.2, 0.25) is 5.11 Å². The van der Waals surface area contributed by atoms with Gasteiger partial charge in [-0.05, 0) is 29.9 Å². The maximum absolute atomic E-state index is 5.01. The van der Waals surface area contributed by atoms with Crippen molar-refractivity contribution in [1.29, 1.82) is 0 Å². The Hall–Kier alpha value is -1.53. The van der Waals surface area contributed by atoms with E-state index in [4.69, 9.17) is 18.1 Å². The van der Waals surface area contributed by atoms with Crippen LogP contribution in [0, 0.1) is 0 Å². The molecule has 0 fully saturated rings. The summed E-state index contributed by atoms with van der Waals surface area (Å²) in [6, 6.07) is 3.65. The van der Waals surface area contributed by atoms with E-state index < -0.39 is 0 Å². The van der Waals surface area contributed by atoms with Gasteiger partial charge < -0.3 is 0 Å². The molecule has 13 heavy (non-hydrogen) atoms. The molecule has 68 valence electrons. The molecule has 0 saturated carbocycles. The van der Waals surface area contributed by atoms with Crippen LogP contribution in [0.25, 0.3) is 0 Å². The average Bonchev–Trinajstić information content (AvgIpc) is 2.19. The standard InChI is InChI=1S/C7H9N5S/c8-11-7(13)12-10-5-6-1-3-9-4-2-6/h1-5H,8H2,(H2,11,12,13). The van der Waals surface area contributed by atoms with E-state index in [9.17, 15) is 0 Å². The normalized spacial score (nSPS) is 9.92. The van der Waals surface area contributed by atoms with E-state index >= 15 is 0 Å². The number of hydrogen-bond donors (Lipinski definition) is 3. The molecule has 1 rings (SSSR count). The second-order valence-electron chi connectivity index (χ2n) is 2.12. The van der Waals surface area contributed by atoms with Gasteiger partial charge in [-0.15, -0.1) is 0 Å². The van der Waals surface area contributed by atoms with Crippen LogP contribution >= 0.6 is 12.2 Å². The molecular weight excluding hydrogens is 186 g/mol. The molecule has 0 aliphatic rings. The second kappa shape index (κ2) is 5.18. The molecule has 0 spiro atoms. The topological polar surface area (TPSA) is 75.3 Å². The summed E-state index contributed by atoms with van der Waals surface area (Å²) < 4.78 is 0. The van der Waals surface area contributed by atoms with Crippen LogP contribution in [-0.2, 0) is 0 Å². The zero-order chi connectivity index (χ0) is 9.52. The van der Waals surface area contributed by atoms with E-state index in [0.29, 0.717) is 0 Å². The van der Waals surface area contributed by atoms with Gasteiger partial charge in [-0.25, -0.2) is 5.84 Å². The molecule has 0 atom stereocenters. The van der Waals surface area contributed by atoms with Gasteiger partial charge in [0.05, 0.1) is 6.21 Å². The number of rotatable bonds is 2. The summed E-state index contributed by atoms with van der Waals surface area (Å²) in [4.78, 5) is 3.86. The number of thiocarbonyl (C=S) groups is 1. The van der Waals surface area contributed by atoms with Crippen molar-refractivity contribution in [2.24, 2.45) is 10.9 Å². The maximum Gasteiger partial charge on any atom is 0.201 e. The van der Waals surface area contributed by atoms with Gasteiger partial charge >= 0.3 is 0 Å². The Morgan fingerprint density at radius 1 is 1.54 bits per heavy atom. The molecule has 0 aromatic carbocycles. The number of aromatic nitrogens is 1. The highest BCUT2D eigenvalue weighted by atomic mass is 32.1. The fourth-order valence-electron chi connectivity index (χ4n) is 0.647. The first-order chi connectivity index (χ1) is 6.33. The van der Waals surface area contributed by atoms with Gasteiger partial charge in [0.25, 0.3) is 0 Å². The van der Waals surface area contributed by atoms with Crippen molar-refractivity contribution in [3.8, 4) is 0 Å². The highest BCUT2D eigenvalue weighted by Crippen LogP contribution is 1.89. The minimum absolute atomic E-state index is 0.269. The highest BCUT2D eigenvalue weighted by Gasteiger charge is 1.86. The summed E-state index contributed by atoms with van der Waals surface area (Å²) in [6.45, 7) is 0. The lowest BCUT2D eigenvalue weighted by molar-refractivity contribution is 0.930. The first-order valence-electron chi connectivity index (χ1n) is 3.52. The van der Waals surface area contributed by atoms with Crippen molar-refractivity contribution >= 4 is 23.5 Å². The number of nitrogens with one attached hydrogen (secondary N) is 2. The predicted octanol–water partition coefficient (Wildman–Crippen LogP) is -0.247. The number of hydrogen-bond acceptors (Lipinski definition) is 4. The number of nitrogens with two attached hydrogens (primary N) is 1. The molecule has 6 heteroatoms. The molecule has 0 bridgehead atoms. The molecule has 0 amide bonds. The van der Waals surface area contributed by atoms with Crippen LogP contribution in [0.15, 0.2) is 29.6 Å². The summed E-state index contributed by atoms with van der Waals surface area (Å²) in [5.74, 6) is 5.01. The average molecular weight is 195 g/mol. The van der Waals surface area contributed by atoms with Gasteiger partial charge in [0.15, 0.2) is 0 Å². The number of hydrazone groups is 1. The largest absolute Gasteiger partial charge is 0.300 e. The zero-order valence-electron chi connectivity index (χ0n) is 6.77. The summed E-state index contributed by atoms with van der Waals surface area (Å²) in [5, 5.41) is 4.09. The first kappa shape index (κ1) is 9.56. The van der Waals surface area contributed by atoms with E-state index in [0.717, 1.165) is 5.56 Å². The lowest BCUT2D eigenvalue weighted by Gasteiger charge is -1.98. The lowest BCUT2D eigenvalue weighted by atomic mass is 10.3. The van der Waals surface area contributed by atoms with Crippen LogP contribution in [-0.4, -0.2) is 16.3 Å². The van der Waals surface area contributed by atoms with Crippen LogP contribution < -0.4 is 16.7 Å². The smallest absolute Gasteiger partial charge is 0.201 e. The number of pyridine rings is 1. The summed E-state index contributed by atoms with van der Waals surface area (Å²) in [7, 11) is 0. The van der Waals surface area contributed by atoms with Crippen LogP contribution in [0.1, 0.15) is 5.56 Å². The van der Waals surface area contributed by atoms with Gasteiger partial charge in [0.1, 0.15) is 0 Å². The number of hydrazine groups is 1. The molecule has 4 N–H and O–H groups in total. The van der Waals surface area contributed by atoms with Gasteiger partial charge in [-0.1, -0.05) is 0 Å². The third kappa shape index (κ3) is 3.59. The predicted molar refractivity (Wildman–Crippen MR) is 54.9 cm³/mol. The van der Waals surface area contributed by atoms with Crippen molar-refractivity contribution in [3.63, 3.8) is 0 Å². The molecule has 0 radical (unpaired) electrons. The summed E-state index contributed by atoms with van der Waals surface area (Å²) in [6.07, 6.45) is 4.98. The van der Waals surface area contributed by atoms with Crippen molar-refractivity contribution in [3.05, 3.63) is 30.1 Å². The molecule has 5 nitrogen and oxygen atoms in total. The molecule has 0 aliphatic carbocycles. The Balaban J connectivity index is 2.45. The SMILES string of the molecule is NNC(=S)NN=Cc1ccncc1. The third-order valence-electron chi connectivity index (χ3n) is 1.22. The van der Waals surface area contributed by atoms with Gasteiger partial charge in [-0.2, -0.15) is 5.10 Å². The summed E-state index contributed by atoms with van der Waals surface area (Å²) in [5.41, 5.74) is 5.70. The molecule has 1 aromatic heterocycles. The molecule has 1 heterocycles. The fourth-order valence-corrected chi connectivity index (χ4v) is 0.700. The van der Waals surface area contributed by atoms with E-state index in [1.165, 1.54) is 0 Å². The third-order valence-corrected chi connectivity index (χ3v) is 1.43. The molecule has 0 saturated heterocycles. The van der Waals surface area contributed by atoms with Crippen molar-refractivity contribution in [1.82, 2.24) is 15.8 Å². The minimum atomic E-state index is 0.269. The van der Waals surface area contributed by atoms with Crippen molar-refractivity contribution in [2.45, 2.75) is 0 Å². The molecule has 0 unspecified atom stereocenters.